The molecule has 0 saturated heterocycles. The van der Waals surface area contributed by atoms with Gasteiger partial charge in [-0.3, -0.25) is 5.41 Å². The number of nitrogens with one attached hydrogen (secondary N) is 3. The Labute approximate surface area is 219 Å². The van der Waals surface area contributed by atoms with Gasteiger partial charge in [0.05, 0.1) is 24.1 Å². The van der Waals surface area contributed by atoms with Gasteiger partial charge in [0.2, 0.25) is 5.28 Å². The van der Waals surface area contributed by atoms with Crippen molar-refractivity contribution < 1.29 is 0 Å². The van der Waals surface area contributed by atoms with Crippen LogP contribution in [-0.2, 0) is 0 Å². The van der Waals surface area contributed by atoms with E-state index in [-0.39, 0.29) is 11.2 Å². The summed E-state index contributed by atoms with van der Waals surface area (Å²) < 4.78 is 0. The summed E-state index contributed by atoms with van der Waals surface area (Å²) in [6.45, 7) is 24.0. The molecule has 2 rings (SSSR count). The van der Waals surface area contributed by atoms with Gasteiger partial charge in [-0.25, -0.2) is 24.9 Å². The average molecular weight is 515 g/mol. The molecule has 0 radical (unpaired) electrons. The summed E-state index contributed by atoms with van der Waals surface area (Å²) in [6.07, 6.45) is 7.14. The molecule has 0 saturated carbocycles. The molecule has 35 heavy (non-hydrogen) atoms. The second-order valence-corrected chi connectivity index (χ2v) is 3.60. The van der Waals surface area contributed by atoms with E-state index in [4.69, 9.17) is 33.6 Å². The van der Waals surface area contributed by atoms with Crippen molar-refractivity contribution in [2.45, 2.75) is 83.1 Å². The number of hydrogen-bond acceptors (Lipinski definition) is 8. The number of hydrogen-bond donors (Lipinski definition) is 5. The van der Waals surface area contributed by atoms with Crippen molar-refractivity contribution in [3.8, 4) is 0 Å². The van der Waals surface area contributed by atoms with Crippen LogP contribution in [0.2, 0.25) is 5.28 Å². The Hall–Kier alpha value is -3.27. The summed E-state index contributed by atoms with van der Waals surface area (Å²) in [5.41, 5.74) is 10.4. The van der Waals surface area contributed by atoms with Gasteiger partial charge in [-0.05, 0) is 23.7 Å². The zero-order chi connectivity index (χ0) is 29.5. The van der Waals surface area contributed by atoms with Gasteiger partial charge in [0.25, 0.3) is 5.95 Å². The van der Waals surface area contributed by atoms with Crippen LogP contribution in [-0.4, -0.2) is 45.0 Å². The third-order valence-corrected chi connectivity index (χ3v) is 1.98. The van der Waals surface area contributed by atoms with E-state index >= 15 is 0 Å². The van der Waals surface area contributed by atoms with E-state index < -0.39 is 0 Å². The van der Waals surface area contributed by atoms with Crippen molar-refractivity contribution in [3.63, 3.8) is 0 Å². The minimum Gasteiger partial charge on any atom is -0.390 e. The minimum absolute atomic E-state index is 0.177. The predicted molar refractivity (Wildman–Crippen MR) is 158 cm³/mol. The number of aliphatic imine (C=N–C) groups is 1. The Kier molecular flexibility index (Phi) is 80.5. The molecule has 0 aromatic carbocycles. The van der Waals surface area contributed by atoms with Crippen LogP contribution in [0.1, 0.15) is 94.5 Å². The molecule has 0 unspecified atom stereocenters. The number of halogens is 1. The summed E-state index contributed by atoms with van der Waals surface area (Å²) in [4.78, 5) is 18.6. The third-order valence-electron chi connectivity index (χ3n) is 1.80. The van der Waals surface area contributed by atoms with Crippen molar-refractivity contribution >= 4 is 42.7 Å². The summed E-state index contributed by atoms with van der Waals surface area (Å²) in [6, 6.07) is 3.22. The molecule has 10 nitrogen and oxygen atoms in total. The fourth-order valence-corrected chi connectivity index (χ4v) is 1.15. The highest BCUT2D eigenvalue weighted by atomic mass is 35.5. The van der Waals surface area contributed by atoms with E-state index in [1.165, 1.54) is 12.4 Å². The Morgan fingerprint density at radius 1 is 0.686 bits per heavy atom. The van der Waals surface area contributed by atoms with Crippen LogP contribution in [0.25, 0.3) is 0 Å². The van der Waals surface area contributed by atoms with Gasteiger partial charge < -0.3 is 22.3 Å². The molecule has 204 valence electrons. The van der Waals surface area contributed by atoms with Crippen LogP contribution in [0.15, 0.2) is 29.5 Å². The Bertz CT molecular complexity index is 666. The van der Waals surface area contributed by atoms with E-state index in [1.807, 2.05) is 83.1 Å². The molecule has 0 aliphatic rings. The number of nitrogens with zero attached hydrogens (tertiary/aromatic N) is 5. The minimum atomic E-state index is 0.177. The fourth-order valence-electron chi connectivity index (χ4n) is 0.999. The van der Waals surface area contributed by atoms with Crippen LogP contribution in [0.5, 0.6) is 0 Å². The third kappa shape index (κ3) is 45.0. The monoisotopic (exact) mass is 514 g/mol. The predicted octanol–water partition coefficient (Wildman–Crippen LogP) is 6.93. The maximum atomic E-state index is 6.87. The topological polar surface area (TPSA) is 188 Å². The van der Waals surface area contributed by atoms with Gasteiger partial charge in [0.15, 0.2) is 0 Å². The molecular weight excluding hydrogens is 464 g/mol. The first kappa shape index (κ1) is 49.0. The smallest absolute Gasteiger partial charge is 0.251 e. The number of rotatable bonds is 3. The molecule has 2 aromatic rings. The zero-order valence-corrected chi connectivity index (χ0v) is 24.6. The van der Waals surface area contributed by atoms with Crippen LogP contribution < -0.4 is 11.5 Å². The molecule has 2 aromatic heterocycles. The molecular formula is C24H51ClN10. The largest absolute Gasteiger partial charge is 0.390 e. The summed E-state index contributed by atoms with van der Waals surface area (Å²) in [7, 11) is 0. The summed E-state index contributed by atoms with van der Waals surface area (Å²) in [5.74, 6) is 0.272. The van der Waals surface area contributed by atoms with Crippen LogP contribution in [0.3, 0.4) is 0 Å². The summed E-state index contributed by atoms with van der Waals surface area (Å²) in [5, 5.41) is 19.7. The highest BCUT2D eigenvalue weighted by Gasteiger charge is 1.91. The maximum Gasteiger partial charge on any atom is 0.251 e. The van der Waals surface area contributed by atoms with E-state index in [9.17, 15) is 0 Å². The SMILES string of the molecule is CC.CC.CC.CC.CC.CC.N=CN.N=Cc1ccnc(Cl)n1.N=Cc1ccnc(N=CN)n1. The molecule has 0 atom stereocenters. The first-order valence-electron chi connectivity index (χ1n) is 11.9. The van der Waals surface area contributed by atoms with E-state index in [0.717, 1.165) is 25.1 Å². The van der Waals surface area contributed by atoms with Gasteiger partial charge >= 0.3 is 0 Å². The van der Waals surface area contributed by atoms with Gasteiger partial charge in [-0.2, -0.15) is 0 Å². The number of aromatic nitrogens is 4. The first-order chi connectivity index (χ1) is 17.1. The molecule has 0 fully saturated rings. The maximum absolute atomic E-state index is 6.87. The van der Waals surface area contributed by atoms with Gasteiger partial charge in [0, 0.05) is 24.8 Å². The van der Waals surface area contributed by atoms with Crippen molar-refractivity contribution in [2.24, 2.45) is 16.5 Å². The zero-order valence-electron chi connectivity index (χ0n) is 23.9. The highest BCUT2D eigenvalue weighted by Crippen LogP contribution is 2.00. The van der Waals surface area contributed by atoms with Gasteiger partial charge in [-0.1, -0.05) is 83.1 Å². The Morgan fingerprint density at radius 3 is 1.31 bits per heavy atom. The van der Waals surface area contributed by atoms with Gasteiger partial charge in [0.1, 0.15) is 0 Å². The van der Waals surface area contributed by atoms with E-state index in [2.05, 4.69) is 30.7 Å². The molecule has 0 spiro atoms. The molecule has 0 aliphatic heterocycles. The van der Waals surface area contributed by atoms with Crippen molar-refractivity contribution in [1.29, 1.82) is 16.2 Å². The fraction of sp³-hybridized carbons (Fsp3) is 0.500. The lowest BCUT2D eigenvalue weighted by Crippen LogP contribution is -1.91. The second-order valence-electron chi connectivity index (χ2n) is 3.27. The quantitative estimate of drug-likeness (QED) is 0.167. The summed E-state index contributed by atoms with van der Waals surface area (Å²) >= 11 is 5.40. The van der Waals surface area contributed by atoms with Crippen molar-refractivity contribution in [2.75, 3.05) is 0 Å². The Morgan fingerprint density at radius 2 is 1.03 bits per heavy atom. The van der Waals surface area contributed by atoms with Crippen molar-refractivity contribution in [3.05, 3.63) is 41.2 Å². The van der Waals surface area contributed by atoms with Crippen molar-refractivity contribution in [1.82, 2.24) is 19.9 Å². The van der Waals surface area contributed by atoms with E-state index in [1.54, 1.807) is 12.1 Å². The van der Waals surface area contributed by atoms with Crippen LogP contribution in [0.4, 0.5) is 5.95 Å². The first-order valence-corrected chi connectivity index (χ1v) is 12.3. The van der Waals surface area contributed by atoms with Crippen LogP contribution in [0, 0.1) is 16.2 Å². The lowest BCUT2D eigenvalue weighted by atomic mass is 10.4. The number of nitrogens with two attached hydrogens (primary N) is 2. The van der Waals surface area contributed by atoms with Gasteiger partial charge in [-0.15, -0.1) is 0 Å². The second kappa shape index (κ2) is 57.5. The lowest BCUT2D eigenvalue weighted by Gasteiger charge is -1.91. The Balaban J connectivity index is -0.0000000587. The molecule has 11 heteroatoms. The molecule has 0 bridgehead atoms. The average Bonchev–Trinajstić information content (AvgIpc) is 2.96. The van der Waals surface area contributed by atoms with Crippen LogP contribution >= 0.6 is 11.6 Å². The standard InChI is InChI=1S/C6H7N5.C5H4ClN3.6C2H6.CH4N2/c7-3-5-1-2-9-6(11-5)10-4-8;6-5-8-2-1-4(3-7)9-5;6*1-2;2-1-3/h1-4,7H,(H2,8,9,10,11);1-3,7H;6*1-2H3;1H,(H3,2,3). The normalized spacial score (nSPS) is 6.89. The molecule has 0 amide bonds. The van der Waals surface area contributed by atoms with E-state index in [0.29, 0.717) is 11.4 Å². The molecule has 7 N–H and O–H groups in total. The molecule has 0 aliphatic carbocycles. The lowest BCUT2D eigenvalue weighted by molar-refractivity contribution is 1.12. The highest BCUT2D eigenvalue weighted by molar-refractivity contribution is 6.28. The molecule has 2 heterocycles.